The van der Waals surface area contributed by atoms with Crippen molar-refractivity contribution in [1.82, 2.24) is 4.98 Å². The van der Waals surface area contributed by atoms with Gasteiger partial charge in [-0.15, -0.1) is 11.8 Å². The maximum atomic E-state index is 3.43. The van der Waals surface area contributed by atoms with E-state index in [1.54, 1.807) is 0 Å². The average molecular weight is 269 g/mol. The molecule has 0 radical (unpaired) electrons. The van der Waals surface area contributed by atoms with Crippen LogP contribution in [0.15, 0.2) is 54.6 Å². The van der Waals surface area contributed by atoms with Gasteiger partial charge in [0.2, 0.25) is 0 Å². The molecular weight excluding hydrogens is 252 g/mol. The fourth-order valence-electron chi connectivity index (χ4n) is 2.16. The first-order valence-corrected chi connectivity index (χ1v) is 7.53. The van der Waals surface area contributed by atoms with E-state index in [0.29, 0.717) is 5.25 Å². The molecule has 1 heterocycles. The number of aromatic nitrogens is 2. The SMILES string of the molecule is CC(SCc1[nH]c2ccccc2[nH+]1)c1ccccc1. The number of fused-ring (bicyclic) bond motifs is 1. The molecule has 1 aromatic heterocycles. The van der Waals surface area contributed by atoms with Crippen LogP contribution in [-0.4, -0.2) is 4.98 Å². The van der Waals surface area contributed by atoms with Crippen LogP contribution in [0.5, 0.6) is 0 Å². The zero-order chi connectivity index (χ0) is 13.1. The Morgan fingerprint density at radius 2 is 1.79 bits per heavy atom. The molecule has 2 N–H and O–H groups in total. The van der Waals surface area contributed by atoms with Crippen molar-refractivity contribution >= 4 is 22.8 Å². The maximum Gasteiger partial charge on any atom is 0.263 e. The van der Waals surface area contributed by atoms with Gasteiger partial charge in [-0.1, -0.05) is 42.5 Å². The zero-order valence-corrected chi connectivity index (χ0v) is 11.7. The standard InChI is InChI=1S/C16H16N2S/c1-12(13-7-3-2-4-8-13)19-11-16-17-14-9-5-6-10-15(14)18-16/h2-10,12H,11H2,1H3,(H,17,18)/p+1. The number of hydrogen-bond acceptors (Lipinski definition) is 1. The van der Waals surface area contributed by atoms with Crippen LogP contribution in [-0.2, 0) is 5.75 Å². The van der Waals surface area contributed by atoms with Gasteiger partial charge in [-0.2, -0.15) is 0 Å². The number of H-pyrrole nitrogens is 2. The van der Waals surface area contributed by atoms with Crippen LogP contribution >= 0.6 is 11.8 Å². The van der Waals surface area contributed by atoms with E-state index in [1.807, 2.05) is 11.8 Å². The smallest absolute Gasteiger partial charge is 0.240 e. The van der Waals surface area contributed by atoms with Crippen molar-refractivity contribution < 1.29 is 4.98 Å². The van der Waals surface area contributed by atoms with Crippen LogP contribution in [0.4, 0.5) is 0 Å². The van der Waals surface area contributed by atoms with Gasteiger partial charge >= 0.3 is 0 Å². The normalized spacial score (nSPS) is 12.7. The van der Waals surface area contributed by atoms with Gasteiger partial charge in [-0.25, -0.2) is 9.97 Å². The van der Waals surface area contributed by atoms with Crippen molar-refractivity contribution in [2.24, 2.45) is 0 Å². The first-order chi connectivity index (χ1) is 9.33. The summed E-state index contributed by atoms with van der Waals surface area (Å²) in [7, 11) is 0. The molecule has 0 spiro atoms. The molecule has 0 fully saturated rings. The molecule has 0 saturated heterocycles. The molecule has 0 aliphatic heterocycles. The largest absolute Gasteiger partial charge is 0.263 e. The lowest BCUT2D eigenvalue weighted by Crippen LogP contribution is -2.06. The lowest BCUT2D eigenvalue weighted by Gasteiger charge is -2.08. The summed E-state index contributed by atoms with van der Waals surface area (Å²) in [6.45, 7) is 2.25. The van der Waals surface area contributed by atoms with Gasteiger partial charge in [0, 0.05) is 5.25 Å². The average Bonchev–Trinajstić information content (AvgIpc) is 2.88. The highest BCUT2D eigenvalue weighted by Crippen LogP contribution is 2.29. The van der Waals surface area contributed by atoms with Gasteiger partial charge in [0.25, 0.3) is 5.82 Å². The second kappa shape index (κ2) is 5.49. The van der Waals surface area contributed by atoms with Gasteiger partial charge in [0.1, 0.15) is 0 Å². The van der Waals surface area contributed by atoms with Crippen LogP contribution in [0.3, 0.4) is 0 Å². The number of imidazole rings is 1. The molecule has 96 valence electrons. The van der Waals surface area contributed by atoms with Gasteiger partial charge in [0.15, 0.2) is 11.0 Å². The summed E-state index contributed by atoms with van der Waals surface area (Å²) in [5.74, 6) is 2.14. The summed E-state index contributed by atoms with van der Waals surface area (Å²) in [6.07, 6.45) is 0. The molecule has 1 unspecified atom stereocenters. The van der Waals surface area contributed by atoms with E-state index in [2.05, 4.69) is 71.5 Å². The van der Waals surface area contributed by atoms with E-state index < -0.39 is 0 Å². The predicted molar refractivity (Wildman–Crippen MR) is 81.0 cm³/mol. The van der Waals surface area contributed by atoms with Crippen molar-refractivity contribution in [2.45, 2.75) is 17.9 Å². The fraction of sp³-hybridized carbons (Fsp3) is 0.188. The maximum absolute atomic E-state index is 3.43. The van der Waals surface area contributed by atoms with Crippen LogP contribution < -0.4 is 4.98 Å². The topological polar surface area (TPSA) is 29.9 Å². The highest BCUT2D eigenvalue weighted by molar-refractivity contribution is 7.98. The summed E-state index contributed by atoms with van der Waals surface area (Å²) in [6, 6.07) is 18.9. The van der Waals surface area contributed by atoms with Gasteiger partial charge in [0.05, 0.1) is 5.75 Å². The molecule has 2 nitrogen and oxygen atoms in total. The molecule has 3 heteroatoms. The summed E-state index contributed by atoms with van der Waals surface area (Å²) < 4.78 is 0. The second-order valence-electron chi connectivity index (χ2n) is 4.64. The molecule has 1 atom stereocenters. The van der Waals surface area contributed by atoms with Gasteiger partial charge < -0.3 is 0 Å². The van der Waals surface area contributed by atoms with Crippen molar-refractivity contribution in [3.05, 3.63) is 66.0 Å². The Bertz CT molecular complexity index is 628. The van der Waals surface area contributed by atoms with E-state index in [9.17, 15) is 0 Å². The van der Waals surface area contributed by atoms with Crippen LogP contribution in [0.25, 0.3) is 11.0 Å². The Morgan fingerprint density at radius 1 is 1.05 bits per heavy atom. The third-order valence-corrected chi connectivity index (χ3v) is 4.47. The molecule has 0 aliphatic carbocycles. The molecule has 0 saturated carbocycles. The minimum Gasteiger partial charge on any atom is -0.240 e. The Labute approximate surface area is 117 Å². The lowest BCUT2D eigenvalue weighted by molar-refractivity contribution is -0.355. The first-order valence-electron chi connectivity index (χ1n) is 6.48. The predicted octanol–water partition coefficient (Wildman–Crippen LogP) is 3.98. The number of thioether (sulfide) groups is 1. The second-order valence-corrected chi connectivity index (χ2v) is 5.97. The molecule has 3 rings (SSSR count). The zero-order valence-electron chi connectivity index (χ0n) is 10.9. The van der Waals surface area contributed by atoms with E-state index in [4.69, 9.17) is 0 Å². The van der Waals surface area contributed by atoms with E-state index in [-0.39, 0.29) is 0 Å². The van der Waals surface area contributed by atoms with Crippen molar-refractivity contribution in [3.8, 4) is 0 Å². The highest BCUT2D eigenvalue weighted by atomic mass is 32.2. The molecular formula is C16H17N2S+. The van der Waals surface area contributed by atoms with Gasteiger partial charge in [-0.05, 0) is 24.6 Å². The number of rotatable bonds is 4. The van der Waals surface area contributed by atoms with Crippen molar-refractivity contribution in [1.29, 1.82) is 0 Å². The Balaban J connectivity index is 1.69. The third kappa shape index (κ3) is 2.82. The Kier molecular flexibility index (Phi) is 3.56. The molecule has 19 heavy (non-hydrogen) atoms. The van der Waals surface area contributed by atoms with E-state index in [1.165, 1.54) is 22.4 Å². The van der Waals surface area contributed by atoms with Crippen LogP contribution in [0.1, 0.15) is 23.6 Å². The highest BCUT2D eigenvalue weighted by Gasteiger charge is 2.12. The van der Waals surface area contributed by atoms with Gasteiger partial charge in [-0.3, -0.25) is 0 Å². The lowest BCUT2D eigenvalue weighted by atomic mass is 10.2. The molecule has 2 aromatic carbocycles. The van der Waals surface area contributed by atoms with Crippen LogP contribution in [0, 0.1) is 0 Å². The number of aromatic amines is 2. The molecule has 0 amide bonds. The number of nitrogens with one attached hydrogen (secondary N) is 2. The summed E-state index contributed by atoms with van der Waals surface area (Å²) in [5, 5.41) is 0.501. The molecule has 3 aromatic rings. The molecule has 0 aliphatic rings. The molecule has 0 bridgehead atoms. The quantitative estimate of drug-likeness (QED) is 0.763. The summed E-state index contributed by atoms with van der Waals surface area (Å²) >= 11 is 1.94. The Morgan fingerprint density at radius 3 is 2.58 bits per heavy atom. The Hall–Kier alpha value is -1.74. The fourth-order valence-corrected chi connectivity index (χ4v) is 3.07. The van der Waals surface area contributed by atoms with E-state index >= 15 is 0 Å². The summed E-state index contributed by atoms with van der Waals surface area (Å²) in [4.78, 5) is 6.85. The minimum absolute atomic E-state index is 0.501. The van der Waals surface area contributed by atoms with Crippen LogP contribution in [0.2, 0.25) is 0 Å². The summed E-state index contributed by atoms with van der Waals surface area (Å²) in [5.41, 5.74) is 3.72. The number of para-hydroxylation sites is 2. The van der Waals surface area contributed by atoms with Crippen molar-refractivity contribution in [2.75, 3.05) is 0 Å². The number of hydrogen-bond donors (Lipinski definition) is 1. The van der Waals surface area contributed by atoms with E-state index in [0.717, 1.165) is 5.75 Å². The first kappa shape index (κ1) is 12.3. The minimum atomic E-state index is 0.501. The monoisotopic (exact) mass is 269 g/mol. The van der Waals surface area contributed by atoms with Crippen molar-refractivity contribution in [3.63, 3.8) is 0 Å². The number of benzene rings is 2. The third-order valence-electron chi connectivity index (χ3n) is 3.24.